The minimum Gasteiger partial charge on any atom is -0.355 e. The summed E-state index contributed by atoms with van der Waals surface area (Å²) in [6, 6.07) is 9.53. The molecule has 1 amide bonds. The van der Waals surface area contributed by atoms with Crippen LogP contribution in [-0.4, -0.2) is 38.0 Å². The highest BCUT2D eigenvalue weighted by Gasteiger charge is 2.19. The van der Waals surface area contributed by atoms with Gasteiger partial charge < -0.3 is 5.32 Å². The van der Waals surface area contributed by atoms with Gasteiger partial charge in [0.1, 0.15) is 0 Å². The van der Waals surface area contributed by atoms with Crippen molar-refractivity contribution in [3.63, 3.8) is 0 Å². The predicted molar refractivity (Wildman–Crippen MR) is 129 cm³/mol. The number of halogens is 1. The van der Waals surface area contributed by atoms with Crippen molar-refractivity contribution in [2.24, 2.45) is 0 Å². The number of thioether (sulfide) groups is 1. The van der Waals surface area contributed by atoms with Crippen LogP contribution in [0.15, 0.2) is 59.5 Å². The number of allylic oxidation sites excluding steroid dienone is 1. The largest absolute Gasteiger partial charge is 0.355 e. The van der Waals surface area contributed by atoms with Gasteiger partial charge in [0.05, 0.1) is 11.4 Å². The maximum atomic E-state index is 12.5. The van der Waals surface area contributed by atoms with Gasteiger partial charge in [0.2, 0.25) is 5.91 Å². The molecule has 166 valence electrons. The Morgan fingerprint density at radius 3 is 2.81 bits per heavy atom. The van der Waals surface area contributed by atoms with Crippen LogP contribution in [0.3, 0.4) is 0 Å². The summed E-state index contributed by atoms with van der Waals surface area (Å²) in [4.78, 5) is 16.6. The Morgan fingerprint density at radius 2 is 2.03 bits per heavy atom. The number of carbonyl (C=O) groups excluding carboxylic acids is 1. The zero-order chi connectivity index (χ0) is 22.3. The molecule has 0 unspecified atom stereocenters. The second-order valence-electron chi connectivity index (χ2n) is 7.76. The van der Waals surface area contributed by atoms with E-state index in [-0.39, 0.29) is 11.7 Å². The van der Waals surface area contributed by atoms with Crippen LogP contribution in [0.1, 0.15) is 37.7 Å². The number of amides is 1. The molecular formula is C24H26ClN5OS. The molecule has 4 rings (SSSR count). The summed E-state index contributed by atoms with van der Waals surface area (Å²) >= 11 is 7.76. The van der Waals surface area contributed by atoms with E-state index in [2.05, 4.69) is 26.6 Å². The van der Waals surface area contributed by atoms with Gasteiger partial charge >= 0.3 is 0 Å². The third kappa shape index (κ3) is 5.40. The SMILES string of the molecule is Cc1c(Cl)cccc1-n1c(SCC(=O)NCCC2=CCCCC2)nnc1-c1ccncc1. The van der Waals surface area contributed by atoms with Crippen LogP contribution in [0.2, 0.25) is 5.02 Å². The molecule has 0 bridgehead atoms. The van der Waals surface area contributed by atoms with Gasteiger partial charge in [0.15, 0.2) is 11.0 Å². The van der Waals surface area contributed by atoms with Gasteiger partial charge in [0, 0.05) is 29.5 Å². The Labute approximate surface area is 197 Å². The molecule has 0 aliphatic heterocycles. The van der Waals surface area contributed by atoms with Crippen molar-refractivity contribution in [1.29, 1.82) is 0 Å². The van der Waals surface area contributed by atoms with Crippen molar-refractivity contribution in [3.8, 4) is 17.1 Å². The fourth-order valence-corrected chi connectivity index (χ4v) is 4.73. The maximum Gasteiger partial charge on any atom is 0.230 e. The van der Waals surface area contributed by atoms with Crippen molar-refractivity contribution in [2.45, 2.75) is 44.2 Å². The van der Waals surface area contributed by atoms with Gasteiger partial charge in [-0.1, -0.05) is 41.1 Å². The monoisotopic (exact) mass is 467 g/mol. The summed E-state index contributed by atoms with van der Waals surface area (Å²) in [5.74, 6) is 0.951. The number of nitrogens with one attached hydrogen (secondary N) is 1. The van der Waals surface area contributed by atoms with Crippen LogP contribution in [0.5, 0.6) is 0 Å². The summed E-state index contributed by atoms with van der Waals surface area (Å²) in [7, 11) is 0. The third-order valence-electron chi connectivity index (χ3n) is 5.54. The summed E-state index contributed by atoms with van der Waals surface area (Å²) in [6.45, 7) is 2.64. The number of rotatable bonds is 8. The zero-order valence-corrected chi connectivity index (χ0v) is 19.6. The fraction of sp³-hybridized carbons (Fsp3) is 0.333. The van der Waals surface area contributed by atoms with E-state index in [0.717, 1.165) is 36.1 Å². The number of carbonyl (C=O) groups is 1. The van der Waals surface area contributed by atoms with Crippen molar-refractivity contribution in [1.82, 2.24) is 25.1 Å². The minimum absolute atomic E-state index is 0.00534. The first-order valence-electron chi connectivity index (χ1n) is 10.8. The molecule has 0 atom stereocenters. The average Bonchev–Trinajstić information content (AvgIpc) is 3.24. The lowest BCUT2D eigenvalue weighted by atomic mass is 9.97. The second kappa shape index (κ2) is 10.8. The smallest absolute Gasteiger partial charge is 0.230 e. The van der Waals surface area contributed by atoms with Gasteiger partial charge in [-0.15, -0.1) is 10.2 Å². The number of nitrogens with zero attached hydrogens (tertiary/aromatic N) is 4. The Hall–Kier alpha value is -2.64. The molecule has 3 aromatic rings. The van der Waals surface area contributed by atoms with E-state index in [1.807, 2.05) is 41.8 Å². The first kappa shape index (κ1) is 22.6. The number of benzene rings is 1. The second-order valence-corrected chi connectivity index (χ2v) is 9.11. The van der Waals surface area contributed by atoms with Gasteiger partial charge in [0.25, 0.3) is 0 Å². The van der Waals surface area contributed by atoms with Crippen LogP contribution in [0.25, 0.3) is 17.1 Å². The van der Waals surface area contributed by atoms with Crippen molar-refractivity contribution < 1.29 is 4.79 Å². The molecule has 1 aromatic carbocycles. The Balaban J connectivity index is 1.50. The number of pyridine rings is 1. The molecule has 0 saturated heterocycles. The molecule has 0 saturated carbocycles. The molecule has 0 fully saturated rings. The minimum atomic E-state index is -0.00534. The molecule has 32 heavy (non-hydrogen) atoms. The third-order valence-corrected chi connectivity index (χ3v) is 6.88. The van der Waals surface area contributed by atoms with E-state index < -0.39 is 0 Å². The van der Waals surface area contributed by atoms with E-state index in [1.165, 1.54) is 30.2 Å². The number of aromatic nitrogens is 4. The van der Waals surface area contributed by atoms with Crippen molar-refractivity contribution in [2.75, 3.05) is 12.3 Å². The molecule has 8 heteroatoms. The highest BCUT2D eigenvalue weighted by atomic mass is 35.5. The lowest BCUT2D eigenvalue weighted by molar-refractivity contribution is -0.118. The average molecular weight is 468 g/mol. The van der Waals surface area contributed by atoms with Crippen molar-refractivity contribution >= 4 is 29.3 Å². The van der Waals surface area contributed by atoms with E-state index in [1.54, 1.807) is 12.4 Å². The van der Waals surface area contributed by atoms with E-state index in [4.69, 9.17) is 11.6 Å². The molecule has 0 radical (unpaired) electrons. The van der Waals surface area contributed by atoms with E-state index in [9.17, 15) is 4.79 Å². The first-order valence-corrected chi connectivity index (χ1v) is 12.2. The summed E-state index contributed by atoms with van der Waals surface area (Å²) in [6.07, 6.45) is 11.6. The van der Waals surface area contributed by atoms with Gasteiger partial charge in [-0.25, -0.2) is 0 Å². The summed E-state index contributed by atoms with van der Waals surface area (Å²) in [5.41, 5.74) is 4.17. The topological polar surface area (TPSA) is 72.7 Å². The highest BCUT2D eigenvalue weighted by Crippen LogP contribution is 2.31. The van der Waals surface area contributed by atoms with Crippen molar-refractivity contribution in [3.05, 3.63) is 65.0 Å². The fourth-order valence-electron chi connectivity index (χ4n) is 3.78. The number of hydrogen-bond donors (Lipinski definition) is 1. The Bertz CT molecular complexity index is 1110. The Kier molecular flexibility index (Phi) is 7.60. The molecule has 2 heterocycles. The Morgan fingerprint density at radius 1 is 1.19 bits per heavy atom. The molecule has 1 aliphatic carbocycles. The van der Waals surface area contributed by atoms with Gasteiger partial charge in [-0.3, -0.25) is 14.3 Å². The van der Waals surface area contributed by atoms with Crippen LogP contribution in [0, 0.1) is 6.92 Å². The standard InChI is InChI=1S/C24H26ClN5OS/c1-17-20(25)8-5-9-21(17)30-23(19-11-13-26-14-12-19)28-29-24(30)32-16-22(31)27-15-10-18-6-3-2-4-7-18/h5-6,8-9,11-14H,2-4,7,10,15-16H2,1H3,(H,27,31). The molecule has 1 aliphatic rings. The quantitative estimate of drug-likeness (QED) is 0.355. The molecule has 6 nitrogen and oxygen atoms in total. The van der Waals surface area contributed by atoms with E-state index in [0.29, 0.717) is 22.5 Å². The normalized spacial score (nSPS) is 13.6. The number of hydrogen-bond acceptors (Lipinski definition) is 5. The summed E-state index contributed by atoms with van der Waals surface area (Å²) in [5, 5.41) is 13.2. The molecule has 1 N–H and O–H groups in total. The molecular weight excluding hydrogens is 442 g/mol. The van der Waals surface area contributed by atoms with Crippen LogP contribution < -0.4 is 5.32 Å². The maximum absolute atomic E-state index is 12.5. The zero-order valence-electron chi connectivity index (χ0n) is 18.1. The molecule has 0 spiro atoms. The first-order chi connectivity index (χ1) is 15.6. The van der Waals surface area contributed by atoms with E-state index >= 15 is 0 Å². The predicted octanol–water partition coefficient (Wildman–Crippen LogP) is 5.39. The lowest BCUT2D eigenvalue weighted by Crippen LogP contribution is -2.26. The highest BCUT2D eigenvalue weighted by molar-refractivity contribution is 7.99. The van der Waals surface area contributed by atoms with Gasteiger partial charge in [-0.2, -0.15) is 0 Å². The van der Waals surface area contributed by atoms with Crippen LogP contribution in [0.4, 0.5) is 0 Å². The summed E-state index contributed by atoms with van der Waals surface area (Å²) < 4.78 is 1.96. The van der Waals surface area contributed by atoms with Crippen LogP contribution in [-0.2, 0) is 4.79 Å². The van der Waals surface area contributed by atoms with Gasteiger partial charge in [-0.05, 0) is 68.9 Å². The van der Waals surface area contributed by atoms with Crippen LogP contribution >= 0.6 is 23.4 Å². The lowest BCUT2D eigenvalue weighted by Gasteiger charge is -2.14. The molecule has 2 aromatic heterocycles.